The summed E-state index contributed by atoms with van der Waals surface area (Å²) in [6, 6.07) is 12.6. The Balaban J connectivity index is 2.01. The second-order valence-corrected chi connectivity index (χ2v) is 6.24. The number of nitrogens with one attached hydrogen (secondary N) is 2. The van der Waals surface area contributed by atoms with Crippen molar-refractivity contribution >= 4 is 17.5 Å². The van der Waals surface area contributed by atoms with Crippen molar-refractivity contribution in [2.24, 2.45) is 0 Å². The first-order valence-electron chi connectivity index (χ1n) is 9.75. The molecule has 0 aliphatic heterocycles. The van der Waals surface area contributed by atoms with Gasteiger partial charge in [0.05, 0.1) is 24.5 Å². The molecule has 2 rings (SSSR count). The van der Waals surface area contributed by atoms with Gasteiger partial charge in [0, 0.05) is 13.0 Å². The van der Waals surface area contributed by atoms with Crippen molar-refractivity contribution in [3.8, 4) is 11.5 Å². The van der Waals surface area contributed by atoms with Crippen LogP contribution in [0.1, 0.15) is 36.2 Å². The van der Waals surface area contributed by atoms with Crippen molar-refractivity contribution in [1.82, 2.24) is 5.32 Å². The summed E-state index contributed by atoms with van der Waals surface area (Å²) in [6.45, 7) is 8.87. The largest absolute Gasteiger partial charge is 0.490 e. The number of aryl methyl sites for hydroxylation is 1. The van der Waals surface area contributed by atoms with Crippen LogP contribution in [-0.4, -0.2) is 31.6 Å². The van der Waals surface area contributed by atoms with Crippen molar-refractivity contribution in [3.63, 3.8) is 0 Å². The molecule has 0 unspecified atom stereocenters. The van der Waals surface area contributed by atoms with E-state index in [9.17, 15) is 9.59 Å². The van der Waals surface area contributed by atoms with Crippen LogP contribution in [-0.2, 0) is 11.2 Å². The summed E-state index contributed by atoms with van der Waals surface area (Å²) in [5, 5.41) is 5.55. The van der Waals surface area contributed by atoms with E-state index in [1.807, 2.05) is 32.0 Å². The molecular weight excluding hydrogens is 368 g/mol. The van der Waals surface area contributed by atoms with Crippen LogP contribution in [0.3, 0.4) is 0 Å². The zero-order valence-corrected chi connectivity index (χ0v) is 17.0. The summed E-state index contributed by atoms with van der Waals surface area (Å²) in [7, 11) is 0. The maximum atomic E-state index is 12.4. The lowest BCUT2D eigenvalue weighted by Crippen LogP contribution is -2.25. The van der Waals surface area contributed by atoms with Gasteiger partial charge < -0.3 is 20.1 Å². The molecule has 6 heteroatoms. The van der Waals surface area contributed by atoms with Gasteiger partial charge in [-0.05, 0) is 50.1 Å². The third kappa shape index (κ3) is 6.68. The molecular formula is C23H28N2O4. The molecule has 0 radical (unpaired) electrons. The molecule has 2 aromatic carbocycles. The molecule has 6 nitrogen and oxygen atoms in total. The molecule has 2 amide bonds. The number of carbonyl (C=O) groups is 2. The monoisotopic (exact) mass is 396 g/mol. The predicted molar refractivity (Wildman–Crippen MR) is 115 cm³/mol. The fourth-order valence-corrected chi connectivity index (χ4v) is 2.77. The molecule has 2 N–H and O–H groups in total. The van der Waals surface area contributed by atoms with Gasteiger partial charge in [0.25, 0.3) is 5.91 Å². The Labute approximate surface area is 171 Å². The van der Waals surface area contributed by atoms with Crippen LogP contribution in [0, 0.1) is 0 Å². The molecule has 0 aliphatic carbocycles. The SMILES string of the molecule is C=CCNC(=O)c1ccccc1NC(=O)CCc1ccc(OCC)c(OCC)c1. The van der Waals surface area contributed by atoms with Crippen LogP contribution in [0.15, 0.2) is 55.1 Å². The average molecular weight is 396 g/mol. The Bertz CT molecular complexity index is 849. The molecule has 2 aromatic rings. The van der Waals surface area contributed by atoms with Gasteiger partial charge in [0.2, 0.25) is 5.91 Å². The van der Waals surface area contributed by atoms with E-state index >= 15 is 0 Å². The normalized spacial score (nSPS) is 10.1. The Morgan fingerprint density at radius 2 is 1.76 bits per heavy atom. The number of anilines is 1. The lowest BCUT2D eigenvalue weighted by Gasteiger charge is -2.13. The van der Waals surface area contributed by atoms with Gasteiger partial charge in [-0.25, -0.2) is 0 Å². The lowest BCUT2D eigenvalue weighted by molar-refractivity contribution is -0.116. The topological polar surface area (TPSA) is 76.7 Å². The number of para-hydroxylation sites is 1. The lowest BCUT2D eigenvalue weighted by atomic mass is 10.1. The standard InChI is InChI=1S/C23H28N2O4/c1-4-15-24-23(27)18-9-7-8-10-19(18)25-22(26)14-12-17-11-13-20(28-5-2)21(16-17)29-6-3/h4,7-11,13,16H,1,5-6,12,14-15H2,2-3H3,(H,24,27)(H,25,26). The van der Waals surface area contributed by atoms with Gasteiger partial charge in [-0.15, -0.1) is 6.58 Å². The predicted octanol–water partition coefficient (Wildman–Crippen LogP) is 3.97. The summed E-state index contributed by atoms with van der Waals surface area (Å²) < 4.78 is 11.2. The van der Waals surface area contributed by atoms with Crippen molar-refractivity contribution in [2.75, 3.05) is 25.1 Å². The first kappa shape index (κ1) is 22.0. The highest BCUT2D eigenvalue weighted by molar-refractivity contribution is 6.03. The maximum Gasteiger partial charge on any atom is 0.253 e. The second kappa shape index (κ2) is 11.5. The fourth-order valence-electron chi connectivity index (χ4n) is 2.77. The Hall–Kier alpha value is -3.28. The van der Waals surface area contributed by atoms with Crippen LogP contribution >= 0.6 is 0 Å². The van der Waals surface area contributed by atoms with E-state index in [2.05, 4.69) is 17.2 Å². The average Bonchev–Trinajstić information content (AvgIpc) is 2.73. The number of rotatable bonds is 11. The summed E-state index contributed by atoms with van der Waals surface area (Å²) in [5.41, 5.74) is 1.88. The van der Waals surface area contributed by atoms with E-state index in [1.165, 1.54) is 0 Å². The molecule has 0 aliphatic rings. The molecule has 0 bridgehead atoms. The molecule has 0 saturated carbocycles. The number of carbonyl (C=O) groups excluding carboxylic acids is 2. The highest BCUT2D eigenvalue weighted by Gasteiger charge is 2.13. The zero-order valence-electron chi connectivity index (χ0n) is 17.0. The van der Waals surface area contributed by atoms with Crippen molar-refractivity contribution in [3.05, 3.63) is 66.2 Å². The van der Waals surface area contributed by atoms with Crippen molar-refractivity contribution in [2.45, 2.75) is 26.7 Å². The number of hydrogen-bond acceptors (Lipinski definition) is 4. The molecule has 0 aromatic heterocycles. The highest BCUT2D eigenvalue weighted by atomic mass is 16.5. The molecule has 0 saturated heterocycles. The third-order valence-corrected chi connectivity index (χ3v) is 4.10. The molecule has 0 fully saturated rings. The first-order chi connectivity index (χ1) is 14.1. The Kier molecular flexibility index (Phi) is 8.76. The van der Waals surface area contributed by atoms with Gasteiger partial charge >= 0.3 is 0 Å². The van der Waals surface area contributed by atoms with E-state index in [-0.39, 0.29) is 18.2 Å². The van der Waals surface area contributed by atoms with Crippen molar-refractivity contribution < 1.29 is 19.1 Å². The molecule has 0 spiro atoms. The number of amides is 2. The van der Waals surface area contributed by atoms with Crippen LogP contribution < -0.4 is 20.1 Å². The van der Waals surface area contributed by atoms with Gasteiger partial charge in [-0.3, -0.25) is 9.59 Å². The summed E-state index contributed by atoms with van der Waals surface area (Å²) in [4.78, 5) is 24.7. The minimum atomic E-state index is -0.256. The Morgan fingerprint density at radius 3 is 2.48 bits per heavy atom. The molecule has 29 heavy (non-hydrogen) atoms. The third-order valence-electron chi connectivity index (χ3n) is 4.10. The fraction of sp³-hybridized carbons (Fsp3) is 0.304. The number of benzene rings is 2. The van der Waals surface area contributed by atoms with Crippen molar-refractivity contribution in [1.29, 1.82) is 0 Å². The Morgan fingerprint density at radius 1 is 1.03 bits per heavy atom. The number of hydrogen-bond donors (Lipinski definition) is 2. The summed E-state index contributed by atoms with van der Waals surface area (Å²) in [6.07, 6.45) is 2.43. The molecule has 0 atom stereocenters. The minimum Gasteiger partial charge on any atom is -0.490 e. The second-order valence-electron chi connectivity index (χ2n) is 6.24. The van der Waals surface area contributed by atoms with E-state index in [0.717, 1.165) is 5.56 Å². The smallest absolute Gasteiger partial charge is 0.253 e. The van der Waals surface area contributed by atoms with Gasteiger partial charge in [-0.2, -0.15) is 0 Å². The van der Waals surface area contributed by atoms with Gasteiger partial charge in [0.1, 0.15) is 0 Å². The maximum absolute atomic E-state index is 12.4. The molecule has 0 heterocycles. The van der Waals surface area contributed by atoms with E-state index < -0.39 is 0 Å². The zero-order chi connectivity index (χ0) is 21.1. The van der Waals surface area contributed by atoms with Gasteiger partial charge in [0.15, 0.2) is 11.5 Å². The van der Waals surface area contributed by atoms with Crippen LogP contribution in [0.25, 0.3) is 0 Å². The van der Waals surface area contributed by atoms with Crippen LogP contribution in [0.4, 0.5) is 5.69 Å². The van der Waals surface area contributed by atoms with Gasteiger partial charge in [-0.1, -0.05) is 24.3 Å². The van der Waals surface area contributed by atoms with E-state index in [0.29, 0.717) is 48.9 Å². The minimum absolute atomic E-state index is 0.166. The quantitative estimate of drug-likeness (QED) is 0.564. The van der Waals surface area contributed by atoms with E-state index in [4.69, 9.17) is 9.47 Å². The highest BCUT2D eigenvalue weighted by Crippen LogP contribution is 2.29. The van der Waals surface area contributed by atoms with Crippen LogP contribution in [0.2, 0.25) is 0 Å². The summed E-state index contributed by atoms with van der Waals surface area (Å²) in [5.74, 6) is 0.952. The number of ether oxygens (including phenoxy) is 2. The van der Waals surface area contributed by atoms with E-state index in [1.54, 1.807) is 30.3 Å². The first-order valence-corrected chi connectivity index (χ1v) is 9.75. The summed E-state index contributed by atoms with van der Waals surface area (Å²) >= 11 is 0. The van der Waals surface area contributed by atoms with Crippen LogP contribution in [0.5, 0.6) is 11.5 Å². The molecule has 154 valence electrons.